The van der Waals surface area contributed by atoms with E-state index in [1.54, 1.807) is 0 Å². The average molecular weight is 177 g/mol. The van der Waals surface area contributed by atoms with Crippen molar-refractivity contribution in [3.63, 3.8) is 0 Å². The van der Waals surface area contributed by atoms with Crippen molar-refractivity contribution in [2.45, 2.75) is 39.4 Å². The van der Waals surface area contributed by atoms with E-state index in [1.807, 2.05) is 27.7 Å². The van der Waals surface area contributed by atoms with Crippen molar-refractivity contribution in [2.24, 2.45) is 5.92 Å². The quantitative estimate of drug-likeness (QED) is 0.704. The SMILES string of the molecule is CC[C@H](C)[S@](=N)(=O)CC(C)C. The molecular formula is C8H19NOS. The lowest BCUT2D eigenvalue weighted by molar-refractivity contribution is 0.641. The monoisotopic (exact) mass is 177 g/mol. The topological polar surface area (TPSA) is 40.9 Å². The Morgan fingerprint density at radius 2 is 1.82 bits per heavy atom. The molecule has 0 saturated heterocycles. The van der Waals surface area contributed by atoms with Crippen molar-refractivity contribution >= 4 is 9.73 Å². The highest BCUT2D eigenvalue weighted by Gasteiger charge is 2.15. The summed E-state index contributed by atoms with van der Waals surface area (Å²) >= 11 is 0. The average Bonchev–Trinajstić information content (AvgIpc) is 1.83. The summed E-state index contributed by atoms with van der Waals surface area (Å²) in [6.07, 6.45) is 0.842. The van der Waals surface area contributed by atoms with Gasteiger partial charge in [0, 0.05) is 20.7 Å². The Labute approximate surface area is 70.4 Å². The van der Waals surface area contributed by atoms with E-state index >= 15 is 0 Å². The third-order valence-electron chi connectivity index (χ3n) is 1.81. The fourth-order valence-corrected chi connectivity index (χ4v) is 2.79. The van der Waals surface area contributed by atoms with E-state index in [9.17, 15) is 4.21 Å². The highest BCUT2D eigenvalue weighted by Crippen LogP contribution is 2.10. The molecule has 0 unspecified atom stereocenters. The molecule has 2 atom stereocenters. The zero-order valence-electron chi connectivity index (χ0n) is 7.89. The first-order chi connectivity index (χ1) is 4.90. The molecule has 0 aromatic rings. The Balaban J connectivity index is 4.23. The van der Waals surface area contributed by atoms with Gasteiger partial charge in [-0.3, -0.25) is 4.78 Å². The lowest BCUT2D eigenvalue weighted by Gasteiger charge is -2.15. The van der Waals surface area contributed by atoms with Crippen molar-refractivity contribution in [1.82, 2.24) is 0 Å². The van der Waals surface area contributed by atoms with Crippen LogP contribution in [0, 0.1) is 10.7 Å². The molecule has 11 heavy (non-hydrogen) atoms. The summed E-state index contributed by atoms with van der Waals surface area (Å²) < 4.78 is 19.2. The predicted molar refractivity (Wildman–Crippen MR) is 50.3 cm³/mol. The summed E-state index contributed by atoms with van der Waals surface area (Å²) in [5.41, 5.74) is 0. The maximum Gasteiger partial charge on any atom is 0.0470 e. The van der Waals surface area contributed by atoms with Gasteiger partial charge in [0.15, 0.2) is 0 Å². The van der Waals surface area contributed by atoms with E-state index in [4.69, 9.17) is 4.78 Å². The van der Waals surface area contributed by atoms with E-state index in [-0.39, 0.29) is 5.25 Å². The van der Waals surface area contributed by atoms with Gasteiger partial charge >= 0.3 is 0 Å². The molecule has 0 radical (unpaired) electrons. The van der Waals surface area contributed by atoms with Gasteiger partial charge in [-0.25, -0.2) is 4.21 Å². The van der Waals surface area contributed by atoms with Crippen molar-refractivity contribution < 1.29 is 4.21 Å². The van der Waals surface area contributed by atoms with Crippen LogP contribution >= 0.6 is 0 Å². The van der Waals surface area contributed by atoms with Crippen molar-refractivity contribution in [3.05, 3.63) is 0 Å². The smallest absolute Gasteiger partial charge is 0.0470 e. The van der Waals surface area contributed by atoms with Gasteiger partial charge in [-0.05, 0) is 19.3 Å². The molecular weight excluding hydrogens is 158 g/mol. The Kier molecular flexibility index (Phi) is 4.08. The van der Waals surface area contributed by atoms with E-state index in [0.29, 0.717) is 11.7 Å². The Bertz CT molecular complexity index is 194. The first-order valence-corrected chi connectivity index (χ1v) is 5.94. The molecule has 0 aromatic carbocycles. The fourth-order valence-electron chi connectivity index (χ4n) is 0.929. The number of hydrogen-bond acceptors (Lipinski definition) is 2. The van der Waals surface area contributed by atoms with Gasteiger partial charge in [0.2, 0.25) is 0 Å². The summed E-state index contributed by atoms with van der Waals surface area (Å²) in [5, 5.41) is 0.0462. The zero-order chi connectivity index (χ0) is 9.07. The molecule has 0 amide bonds. The van der Waals surface area contributed by atoms with Gasteiger partial charge in [0.05, 0.1) is 0 Å². The number of nitrogens with one attached hydrogen (secondary N) is 1. The molecule has 0 aliphatic rings. The summed E-state index contributed by atoms with van der Waals surface area (Å²) in [7, 11) is -2.31. The minimum Gasteiger partial charge on any atom is -0.253 e. The molecule has 0 aliphatic heterocycles. The molecule has 3 heteroatoms. The molecule has 0 aliphatic carbocycles. The van der Waals surface area contributed by atoms with Crippen LogP contribution < -0.4 is 0 Å². The maximum atomic E-state index is 11.6. The molecule has 0 spiro atoms. The fraction of sp³-hybridized carbons (Fsp3) is 1.00. The molecule has 2 nitrogen and oxygen atoms in total. The Morgan fingerprint density at radius 3 is 2.09 bits per heavy atom. The van der Waals surface area contributed by atoms with Crippen LogP contribution in [0.3, 0.4) is 0 Å². The predicted octanol–water partition coefficient (Wildman–Crippen LogP) is 2.49. The second-order valence-electron chi connectivity index (χ2n) is 3.51. The largest absolute Gasteiger partial charge is 0.253 e. The summed E-state index contributed by atoms with van der Waals surface area (Å²) in [5.74, 6) is 0.913. The molecule has 0 heterocycles. The third kappa shape index (κ3) is 3.75. The standard InChI is InChI=1S/C8H19NOS/c1-5-8(4)11(9,10)6-7(2)3/h7-9H,5-6H2,1-4H3/t8-,11+/m0/s1. The Morgan fingerprint density at radius 1 is 1.36 bits per heavy atom. The van der Waals surface area contributed by atoms with Crippen LogP contribution in [0.2, 0.25) is 0 Å². The molecule has 68 valence electrons. The van der Waals surface area contributed by atoms with Gasteiger partial charge in [0.25, 0.3) is 0 Å². The van der Waals surface area contributed by atoms with E-state index in [2.05, 4.69) is 0 Å². The first-order valence-electron chi connectivity index (χ1n) is 4.15. The molecule has 0 rings (SSSR count). The second-order valence-corrected chi connectivity index (χ2v) is 6.10. The van der Waals surface area contributed by atoms with Crippen LogP contribution in [0.15, 0.2) is 0 Å². The van der Waals surface area contributed by atoms with Crippen molar-refractivity contribution in [1.29, 1.82) is 4.78 Å². The van der Waals surface area contributed by atoms with Crippen molar-refractivity contribution in [3.8, 4) is 0 Å². The van der Waals surface area contributed by atoms with Crippen LogP contribution in [-0.4, -0.2) is 15.2 Å². The molecule has 0 bridgehead atoms. The van der Waals surface area contributed by atoms with E-state index < -0.39 is 9.73 Å². The summed E-state index contributed by atoms with van der Waals surface area (Å²) in [6, 6.07) is 0. The normalized spacial score (nSPS) is 19.7. The first kappa shape index (κ1) is 11.0. The van der Waals surface area contributed by atoms with E-state index in [0.717, 1.165) is 6.42 Å². The molecule has 0 aromatic heterocycles. The van der Waals surface area contributed by atoms with Gasteiger partial charge in [-0.1, -0.05) is 20.8 Å². The van der Waals surface area contributed by atoms with Crippen LogP contribution in [0.1, 0.15) is 34.1 Å². The van der Waals surface area contributed by atoms with Crippen LogP contribution in [0.4, 0.5) is 0 Å². The number of hydrogen-bond donors (Lipinski definition) is 1. The van der Waals surface area contributed by atoms with Gasteiger partial charge in [-0.15, -0.1) is 0 Å². The molecule has 0 fully saturated rings. The zero-order valence-corrected chi connectivity index (χ0v) is 8.70. The Hall–Kier alpha value is -0.0500. The minimum absolute atomic E-state index is 0.0462. The van der Waals surface area contributed by atoms with Crippen LogP contribution in [-0.2, 0) is 9.73 Å². The lowest BCUT2D eigenvalue weighted by atomic mass is 10.3. The molecule has 1 N–H and O–H groups in total. The van der Waals surface area contributed by atoms with Gasteiger partial charge < -0.3 is 0 Å². The lowest BCUT2D eigenvalue weighted by Crippen LogP contribution is -2.21. The highest BCUT2D eigenvalue weighted by atomic mass is 32.2. The summed E-state index contributed by atoms with van der Waals surface area (Å²) in [6.45, 7) is 7.91. The van der Waals surface area contributed by atoms with Crippen molar-refractivity contribution in [2.75, 3.05) is 5.75 Å². The van der Waals surface area contributed by atoms with E-state index in [1.165, 1.54) is 0 Å². The van der Waals surface area contributed by atoms with Gasteiger partial charge in [-0.2, -0.15) is 0 Å². The minimum atomic E-state index is -2.31. The maximum absolute atomic E-state index is 11.6. The van der Waals surface area contributed by atoms with Gasteiger partial charge in [0.1, 0.15) is 0 Å². The highest BCUT2D eigenvalue weighted by molar-refractivity contribution is 7.93. The van der Waals surface area contributed by atoms with Crippen LogP contribution in [0.5, 0.6) is 0 Å². The molecule has 0 saturated carbocycles. The second kappa shape index (κ2) is 4.10. The number of rotatable bonds is 4. The van der Waals surface area contributed by atoms with Crippen LogP contribution in [0.25, 0.3) is 0 Å². The third-order valence-corrected chi connectivity index (χ3v) is 4.60. The summed E-state index contributed by atoms with van der Waals surface area (Å²) in [4.78, 5) is 0.